The molecule has 2 N–H and O–H groups in total. The lowest BCUT2D eigenvalue weighted by atomic mass is 9.85. The molecule has 150 valence electrons. The number of fused-ring (bicyclic) bond motifs is 1. The fraction of sp³-hybridized carbons (Fsp3) is 0.318. The summed E-state index contributed by atoms with van der Waals surface area (Å²) in [5.74, 6) is 0.976. The number of carbonyl (C=O) groups excluding carboxylic acids is 1. The Bertz CT molecular complexity index is 1050. The number of pyridine rings is 1. The number of nitrogens with zero attached hydrogens (tertiary/aromatic N) is 3. The molecule has 3 aromatic rings. The zero-order valence-corrected chi connectivity index (χ0v) is 16.9. The minimum Gasteiger partial charge on any atom is -0.496 e. The lowest BCUT2D eigenvalue weighted by Gasteiger charge is -2.28. The maximum Gasteiger partial charge on any atom is 0.281 e. The number of aromatic amines is 1. The summed E-state index contributed by atoms with van der Waals surface area (Å²) in [5, 5.41) is 16.8. The highest BCUT2D eigenvalue weighted by atomic mass is 16.5. The predicted molar refractivity (Wildman–Crippen MR) is 109 cm³/mol. The summed E-state index contributed by atoms with van der Waals surface area (Å²) in [6, 6.07) is 10.8. The molecule has 7 nitrogen and oxygen atoms in total. The Morgan fingerprint density at radius 2 is 1.97 bits per heavy atom. The maximum atomic E-state index is 13.4. The number of hydrogen-bond donors (Lipinski definition) is 2. The van der Waals surface area contributed by atoms with Gasteiger partial charge in [0.2, 0.25) is 0 Å². The van der Waals surface area contributed by atoms with Crippen LogP contribution >= 0.6 is 0 Å². The second kappa shape index (κ2) is 7.00. The van der Waals surface area contributed by atoms with E-state index in [4.69, 9.17) is 4.74 Å². The number of H-pyrrole nitrogens is 1. The minimum atomic E-state index is -0.422. The van der Waals surface area contributed by atoms with Crippen molar-refractivity contribution in [1.82, 2.24) is 15.2 Å². The highest BCUT2D eigenvalue weighted by Gasteiger charge is 2.46. The molecule has 1 aromatic carbocycles. The Morgan fingerprint density at radius 3 is 2.59 bits per heavy atom. The minimum absolute atomic E-state index is 0.104. The quantitative estimate of drug-likeness (QED) is 0.710. The molecule has 1 aliphatic heterocycles. The summed E-state index contributed by atoms with van der Waals surface area (Å²) in [7, 11) is 1.62. The van der Waals surface area contributed by atoms with E-state index in [-0.39, 0.29) is 17.9 Å². The average Bonchev–Trinajstić information content (AvgIpc) is 3.27. The molecule has 0 saturated heterocycles. The van der Waals surface area contributed by atoms with Crippen molar-refractivity contribution in [1.29, 1.82) is 0 Å². The van der Waals surface area contributed by atoms with Crippen molar-refractivity contribution in [2.75, 3.05) is 12.0 Å². The molecule has 29 heavy (non-hydrogen) atoms. The van der Waals surface area contributed by atoms with E-state index in [9.17, 15) is 9.90 Å². The van der Waals surface area contributed by atoms with Crippen LogP contribution in [-0.2, 0) is 12.0 Å². The van der Waals surface area contributed by atoms with Crippen LogP contribution < -0.4 is 9.64 Å². The highest BCUT2D eigenvalue weighted by molar-refractivity contribution is 6.10. The molecule has 1 amide bonds. The molecule has 0 fully saturated rings. The number of methoxy groups -OCH3 is 1. The number of anilines is 1. The van der Waals surface area contributed by atoms with Gasteiger partial charge >= 0.3 is 0 Å². The first-order chi connectivity index (χ1) is 13.9. The number of aliphatic hydroxyl groups excluding tert-OH is 1. The summed E-state index contributed by atoms with van der Waals surface area (Å²) in [4.78, 5) is 19.5. The van der Waals surface area contributed by atoms with Gasteiger partial charge in [0.1, 0.15) is 11.6 Å². The number of rotatable bonds is 4. The molecular formula is C22H24N4O3. The van der Waals surface area contributed by atoms with Gasteiger partial charge < -0.3 is 9.84 Å². The van der Waals surface area contributed by atoms with E-state index in [0.29, 0.717) is 22.8 Å². The molecule has 3 heterocycles. The molecule has 2 aromatic heterocycles. The molecule has 0 bridgehead atoms. The lowest BCUT2D eigenvalue weighted by Crippen LogP contribution is -2.31. The van der Waals surface area contributed by atoms with E-state index < -0.39 is 6.04 Å². The maximum absolute atomic E-state index is 13.4. The van der Waals surface area contributed by atoms with Crippen molar-refractivity contribution >= 4 is 11.7 Å². The summed E-state index contributed by atoms with van der Waals surface area (Å²) in [6.07, 6.45) is 1.58. The summed E-state index contributed by atoms with van der Waals surface area (Å²) >= 11 is 0. The number of hydrogen-bond acceptors (Lipinski definition) is 5. The number of aliphatic hydroxyl groups is 1. The third-order valence-electron chi connectivity index (χ3n) is 5.18. The zero-order valence-electron chi connectivity index (χ0n) is 16.9. The van der Waals surface area contributed by atoms with Gasteiger partial charge in [-0.05, 0) is 17.7 Å². The van der Waals surface area contributed by atoms with Crippen molar-refractivity contribution in [3.8, 4) is 5.75 Å². The largest absolute Gasteiger partial charge is 0.496 e. The first-order valence-corrected chi connectivity index (χ1v) is 9.47. The standard InChI is InChI=1S/C22H24N4O3/c1-22(2,3)20-17-18(24-25-20)21(28)26(16-10-9-13(12-27)11-23-16)19(17)14-7-5-6-8-15(14)29-4/h5-11,19,27H,12H2,1-4H3,(H,24,25)/t19-/m1/s1. The van der Waals surface area contributed by atoms with Crippen molar-refractivity contribution in [2.45, 2.75) is 38.8 Å². The number of ether oxygens (including phenoxy) is 1. The van der Waals surface area contributed by atoms with Crippen LogP contribution in [0.2, 0.25) is 0 Å². The molecule has 0 unspecified atom stereocenters. The van der Waals surface area contributed by atoms with Crippen LogP contribution in [0.5, 0.6) is 5.75 Å². The number of para-hydroxylation sites is 1. The average molecular weight is 392 g/mol. The molecular weight excluding hydrogens is 368 g/mol. The monoisotopic (exact) mass is 392 g/mol. The van der Waals surface area contributed by atoms with Gasteiger partial charge in [-0.3, -0.25) is 14.8 Å². The SMILES string of the molecule is COc1ccccc1[C@@H]1c2c(n[nH]c2C(C)(C)C)C(=O)N1c1ccc(CO)cn1. The number of nitrogens with one attached hydrogen (secondary N) is 1. The van der Waals surface area contributed by atoms with Crippen LogP contribution in [0, 0.1) is 0 Å². The number of benzene rings is 1. The molecule has 0 spiro atoms. The van der Waals surface area contributed by atoms with Gasteiger partial charge in [0.15, 0.2) is 5.69 Å². The van der Waals surface area contributed by atoms with Gasteiger partial charge in [-0.25, -0.2) is 4.98 Å². The van der Waals surface area contributed by atoms with E-state index in [2.05, 4.69) is 36.0 Å². The normalized spacial score (nSPS) is 16.2. The van der Waals surface area contributed by atoms with E-state index in [1.807, 2.05) is 24.3 Å². The molecule has 1 aliphatic rings. The number of aromatic nitrogens is 3. The van der Waals surface area contributed by atoms with Gasteiger partial charge in [0, 0.05) is 28.4 Å². The van der Waals surface area contributed by atoms with Crippen molar-refractivity contribution < 1.29 is 14.6 Å². The van der Waals surface area contributed by atoms with E-state index in [0.717, 1.165) is 16.8 Å². The van der Waals surface area contributed by atoms with E-state index >= 15 is 0 Å². The molecule has 7 heteroatoms. The first-order valence-electron chi connectivity index (χ1n) is 9.47. The second-order valence-electron chi connectivity index (χ2n) is 8.11. The Morgan fingerprint density at radius 1 is 1.21 bits per heavy atom. The van der Waals surface area contributed by atoms with Gasteiger partial charge in [0.05, 0.1) is 19.8 Å². The molecule has 0 aliphatic carbocycles. The fourth-order valence-corrected chi connectivity index (χ4v) is 3.79. The van der Waals surface area contributed by atoms with Gasteiger partial charge in [-0.1, -0.05) is 45.0 Å². The van der Waals surface area contributed by atoms with Gasteiger partial charge in [-0.15, -0.1) is 0 Å². The van der Waals surface area contributed by atoms with Crippen LogP contribution in [0.25, 0.3) is 0 Å². The summed E-state index contributed by atoms with van der Waals surface area (Å²) < 4.78 is 5.61. The van der Waals surface area contributed by atoms with Crippen LogP contribution in [0.4, 0.5) is 5.82 Å². The highest BCUT2D eigenvalue weighted by Crippen LogP contribution is 2.46. The smallest absolute Gasteiger partial charge is 0.281 e. The van der Waals surface area contributed by atoms with Crippen LogP contribution in [0.1, 0.15) is 59.7 Å². The third-order valence-corrected chi connectivity index (χ3v) is 5.18. The van der Waals surface area contributed by atoms with Crippen LogP contribution in [-0.4, -0.2) is 33.3 Å². The van der Waals surface area contributed by atoms with E-state index in [1.165, 1.54) is 0 Å². The molecule has 0 saturated carbocycles. The fourth-order valence-electron chi connectivity index (χ4n) is 3.79. The zero-order chi connectivity index (χ0) is 20.8. The Hall–Kier alpha value is -3.19. The molecule has 4 rings (SSSR count). The topological polar surface area (TPSA) is 91.3 Å². The Balaban J connectivity index is 1.95. The van der Waals surface area contributed by atoms with E-state index in [1.54, 1.807) is 30.3 Å². The predicted octanol–water partition coefficient (Wildman–Crippen LogP) is 3.35. The van der Waals surface area contributed by atoms with Crippen molar-refractivity contribution in [3.63, 3.8) is 0 Å². The number of amides is 1. The summed E-state index contributed by atoms with van der Waals surface area (Å²) in [5.41, 5.74) is 3.47. The Kier molecular flexibility index (Phi) is 4.62. The second-order valence-corrected chi connectivity index (χ2v) is 8.11. The van der Waals surface area contributed by atoms with Crippen LogP contribution in [0.3, 0.4) is 0 Å². The van der Waals surface area contributed by atoms with Crippen molar-refractivity contribution in [3.05, 3.63) is 70.7 Å². The van der Waals surface area contributed by atoms with Crippen LogP contribution in [0.15, 0.2) is 42.6 Å². The number of carbonyl (C=O) groups is 1. The Labute approximate surface area is 169 Å². The lowest BCUT2D eigenvalue weighted by molar-refractivity contribution is 0.0988. The molecule has 1 atom stereocenters. The summed E-state index contributed by atoms with van der Waals surface area (Å²) in [6.45, 7) is 6.15. The first kappa shape index (κ1) is 19.1. The van der Waals surface area contributed by atoms with Gasteiger partial charge in [0.25, 0.3) is 5.91 Å². The van der Waals surface area contributed by atoms with Crippen molar-refractivity contribution in [2.24, 2.45) is 0 Å². The molecule has 0 radical (unpaired) electrons. The third kappa shape index (κ3) is 3.07. The van der Waals surface area contributed by atoms with Gasteiger partial charge in [-0.2, -0.15) is 5.10 Å².